The average Bonchev–Trinajstić information content (AvgIpc) is 3.18. The fourth-order valence-electron chi connectivity index (χ4n) is 2.95. The van der Waals surface area contributed by atoms with E-state index in [1.165, 1.54) is 6.07 Å². The van der Waals surface area contributed by atoms with Gasteiger partial charge in [-0.15, -0.1) is 0 Å². The fraction of sp³-hybridized carbons (Fsp3) is 0.333. The maximum atomic E-state index is 12.2. The number of carbonyl (C=O) groups is 2. The first-order valence-electron chi connectivity index (χ1n) is 6.21. The van der Waals surface area contributed by atoms with E-state index >= 15 is 0 Å². The van der Waals surface area contributed by atoms with Gasteiger partial charge in [-0.05, 0) is 17.7 Å². The van der Waals surface area contributed by atoms with Gasteiger partial charge in [0, 0.05) is 10.9 Å². The molecule has 22 heavy (non-hydrogen) atoms. The molecule has 0 N–H and O–H groups in total. The average molecular weight is 319 g/mol. The standard InChI is InChI=1S/C15H11ClN2O4/c1-21-12(19)15(13(20)22-2)11(14(15,7-17)8-18)9-4-3-5-10(16)6-9/h3-6,11H,1-2H3. The van der Waals surface area contributed by atoms with Gasteiger partial charge in [-0.1, -0.05) is 23.7 Å². The Morgan fingerprint density at radius 3 is 2.14 bits per heavy atom. The predicted octanol–water partition coefficient (Wildman–Crippen LogP) is 1.80. The van der Waals surface area contributed by atoms with Crippen LogP contribution >= 0.6 is 11.6 Å². The number of ether oxygens (including phenoxy) is 2. The van der Waals surface area contributed by atoms with Crippen LogP contribution in [0.5, 0.6) is 0 Å². The number of nitrogens with zero attached hydrogens (tertiary/aromatic N) is 2. The second-order valence-corrected chi connectivity index (χ2v) is 5.25. The van der Waals surface area contributed by atoms with Gasteiger partial charge < -0.3 is 9.47 Å². The minimum absolute atomic E-state index is 0.359. The molecule has 1 aliphatic rings. The molecule has 1 aromatic rings. The molecule has 0 aliphatic heterocycles. The van der Waals surface area contributed by atoms with Crippen molar-refractivity contribution in [2.24, 2.45) is 10.8 Å². The summed E-state index contributed by atoms with van der Waals surface area (Å²) in [6, 6.07) is 9.87. The lowest BCUT2D eigenvalue weighted by Gasteiger charge is -2.12. The summed E-state index contributed by atoms with van der Waals surface area (Å²) in [7, 11) is 2.17. The molecule has 0 bridgehead atoms. The molecule has 1 unspecified atom stereocenters. The van der Waals surface area contributed by atoms with Crippen LogP contribution in [-0.4, -0.2) is 26.2 Å². The molecule has 0 spiro atoms. The molecule has 2 rings (SSSR count). The second kappa shape index (κ2) is 5.32. The van der Waals surface area contributed by atoms with E-state index in [4.69, 9.17) is 11.6 Å². The van der Waals surface area contributed by atoms with Crippen LogP contribution in [0.3, 0.4) is 0 Å². The van der Waals surface area contributed by atoms with Crippen LogP contribution in [0.4, 0.5) is 0 Å². The van der Waals surface area contributed by atoms with Crippen LogP contribution in [0.1, 0.15) is 11.5 Å². The van der Waals surface area contributed by atoms with Gasteiger partial charge in [0.05, 0.1) is 26.4 Å². The van der Waals surface area contributed by atoms with Crippen molar-refractivity contribution in [3.05, 3.63) is 34.9 Å². The molecule has 6 nitrogen and oxygen atoms in total. The number of methoxy groups -OCH3 is 2. The molecule has 7 heteroatoms. The number of carbonyl (C=O) groups excluding carboxylic acids is 2. The Morgan fingerprint density at radius 2 is 1.73 bits per heavy atom. The third-order valence-electron chi connectivity index (χ3n) is 3.95. The van der Waals surface area contributed by atoms with Crippen LogP contribution in [-0.2, 0) is 19.1 Å². The lowest BCUT2D eigenvalue weighted by Crippen LogP contribution is -2.34. The summed E-state index contributed by atoms with van der Waals surface area (Å²) in [6.45, 7) is 0. The van der Waals surface area contributed by atoms with Crippen LogP contribution in [0, 0.1) is 33.5 Å². The van der Waals surface area contributed by atoms with Gasteiger partial charge in [0.1, 0.15) is 0 Å². The topological polar surface area (TPSA) is 100 Å². The van der Waals surface area contributed by atoms with Crippen molar-refractivity contribution in [2.45, 2.75) is 5.92 Å². The molecule has 0 aromatic heterocycles. The van der Waals surface area contributed by atoms with Crippen molar-refractivity contribution in [2.75, 3.05) is 14.2 Å². The van der Waals surface area contributed by atoms with Gasteiger partial charge in [0.15, 0.2) is 5.41 Å². The third-order valence-corrected chi connectivity index (χ3v) is 4.19. The summed E-state index contributed by atoms with van der Waals surface area (Å²) in [5.41, 5.74) is -3.48. The van der Waals surface area contributed by atoms with E-state index in [9.17, 15) is 20.1 Å². The van der Waals surface area contributed by atoms with Crippen molar-refractivity contribution >= 4 is 23.5 Å². The first-order valence-corrected chi connectivity index (χ1v) is 6.58. The smallest absolute Gasteiger partial charge is 0.326 e. The summed E-state index contributed by atoms with van der Waals surface area (Å²) >= 11 is 5.92. The van der Waals surface area contributed by atoms with E-state index in [0.717, 1.165) is 14.2 Å². The van der Waals surface area contributed by atoms with E-state index < -0.39 is 28.7 Å². The zero-order valence-electron chi connectivity index (χ0n) is 11.8. The molecule has 0 amide bonds. The molecule has 0 saturated heterocycles. The molecule has 1 saturated carbocycles. The van der Waals surface area contributed by atoms with Crippen LogP contribution in [0.15, 0.2) is 24.3 Å². The number of rotatable bonds is 3. The number of hydrogen-bond acceptors (Lipinski definition) is 6. The quantitative estimate of drug-likeness (QED) is 0.622. The highest BCUT2D eigenvalue weighted by Crippen LogP contribution is 2.74. The fourth-order valence-corrected chi connectivity index (χ4v) is 3.15. The van der Waals surface area contributed by atoms with E-state index in [1.807, 2.05) is 0 Å². The second-order valence-electron chi connectivity index (χ2n) is 4.81. The number of esters is 2. The van der Waals surface area contributed by atoms with Crippen LogP contribution < -0.4 is 0 Å². The summed E-state index contributed by atoms with van der Waals surface area (Å²) in [6.07, 6.45) is 0. The van der Waals surface area contributed by atoms with Crippen molar-refractivity contribution < 1.29 is 19.1 Å². The Kier molecular flexibility index (Phi) is 3.83. The highest BCUT2D eigenvalue weighted by atomic mass is 35.5. The molecular formula is C15H11ClN2O4. The van der Waals surface area contributed by atoms with Crippen molar-refractivity contribution in [3.63, 3.8) is 0 Å². The Hall–Kier alpha value is -2.57. The Balaban J connectivity index is 2.71. The molecule has 1 fully saturated rings. The third kappa shape index (κ3) is 1.71. The van der Waals surface area contributed by atoms with Crippen molar-refractivity contribution in [1.29, 1.82) is 10.5 Å². The van der Waals surface area contributed by atoms with Crippen molar-refractivity contribution in [3.8, 4) is 12.1 Å². The highest BCUT2D eigenvalue weighted by molar-refractivity contribution is 6.30. The Bertz CT molecular complexity index is 702. The monoisotopic (exact) mass is 318 g/mol. The van der Waals surface area contributed by atoms with E-state index in [0.29, 0.717) is 10.6 Å². The van der Waals surface area contributed by atoms with Gasteiger partial charge >= 0.3 is 11.9 Å². The summed E-state index contributed by atoms with van der Waals surface area (Å²) in [5.74, 6) is -2.96. The summed E-state index contributed by atoms with van der Waals surface area (Å²) in [5, 5.41) is 19.3. The van der Waals surface area contributed by atoms with Gasteiger partial charge in [-0.2, -0.15) is 10.5 Å². The lowest BCUT2D eigenvalue weighted by atomic mass is 9.95. The molecule has 1 atom stereocenters. The molecule has 0 radical (unpaired) electrons. The number of nitriles is 2. The largest absolute Gasteiger partial charge is 0.468 e. The highest BCUT2D eigenvalue weighted by Gasteiger charge is 2.89. The van der Waals surface area contributed by atoms with Gasteiger partial charge in [-0.3, -0.25) is 9.59 Å². The molecule has 1 aromatic carbocycles. The number of hydrogen-bond donors (Lipinski definition) is 0. The maximum Gasteiger partial charge on any atom is 0.326 e. The molecule has 0 heterocycles. The minimum atomic E-state index is -2.01. The number of halogens is 1. The summed E-state index contributed by atoms with van der Waals surface area (Å²) < 4.78 is 9.33. The Morgan fingerprint density at radius 1 is 1.18 bits per heavy atom. The predicted molar refractivity (Wildman–Crippen MR) is 74.3 cm³/mol. The molecule has 112 valence electrons. The van der Waals surface area contributed by atoms with Gasteiger partial charge in [0.2, 0.25) is 5.41 Å². The van der Waals surface area contributed by atoms with Crippen molar-refractivity contribution in [1.82, 2.24) is 0 Å². The summed E-state index contributed by atoms with van der Waals surface area (Å²) in [4.78, 5) is 24.5. The zero-order chi connectivity index (χ0) is 16.5. The molecular weight excluding hydrogens is 308 g/mol. The first kappa shape index (κ1) is 15.8. The van der Waals surface area contributed by atoms with Gasteiger partial charge in [-0.25, -0.2) is 0 Å². The molecule has 1 aliphatic carbocycles. The maximum absolute atomic E-state index is 12.2. The first-order chi connectivity index (χ1) is 10.5. The zero-order valence-corrected chi connectivity index (χ0v) is 12.5. The Labute approximate surface area is 131 Å². The number of benzene rings is 1. The van der Waals surface area contributed by atoms with E-state index in [1.54, 1.807) is 30.3 Å². The van der Waals surface area contributed by atoms with Crippen LogP contribution in [0.25, 0.3) is 0 Å². The SMILES string of the molecule is COC(=O)C1(C(=O)OC)C(c2cccc(Cl)c2)C1(C#N)C#N. The van der Waals surface area contributed by atoms with Crippen LogP contribution in [0.2, 0.25) is 5.02 Å². The minimum Gasteiger partial charge on any atom is -0.468 e. The van der Waals surface area contributed by atoms with E-state index in [2.05, 4.69) is 9.47 Å². The van der Waals surface area contributed by atoms with E-state index in [-0.39, 0.29) is 0 Å². The van der Waals surface area contributed by atoms with Gasteiger partial charge in [0.25, 0.3) is 0 Å². The normalized spacial score (nSPS) is 20.1. The lowest BCUT2D eigenvalue weighted by molar-refractivity contribution is -0.162.